The van der Waals surface area contributed by atoms with Crippen LogP contribution in [0.3, 0.4) is 0 Å². The monoisotopic (exact) mass is 286 g/mol. The molecule has 1 aliphatic heterocycles. The number of rotatable bonds is 0. The first kappa shape index (κ1) is 10.6. The van der Waals surface area contributed by atoms with Crippen molar-refractivity contribution in [1.82, 2.24) is 0 Å². The van der Waals surface area contributed by atoms with Gasteiger partial charge in [0.25, 0.3) is 5.79 Å². The fourth-order valence-electron chi connectivity index (χ4n) is 9.23. The van der Waals surface area contributed by atoms with E-state index in [0.717, 1.165) is 23.7 Å². The van der Waals surface area contributed by atoms with Crippen LogP contribution < -0.4 is 0 Å². The van der Waals surface area contributed by atoms with E-state index in [4.69, 9.17) is 9.47 Å². The molecule has 10 unspecified atom stereocenters. The van der Waals surface area contributed by atoms with Crippen molar-refractivity contribution in [3.05, 3.63) is 0 Å². The van der Waals surface area contributed by atoms with E-state index in [0.29, 0.717) is 23.7 Å². The molecule has 21 heavy (non-hydrogen) atoms. The summed E-state index contributed by atoms with van der Waals surface area (Å²) in [7, 11) is 0. The largest absolute Gasteiger partial charge is 0.422 e. The zero-order chi connectivity index (χ0) is 14.0. The third-order valence-corrected chi connectivity index (χ3v) is 8.81. The van der Waals surface area contributed by atoms with Gasteiger partial charge >= 0.3 is 11.9 Å². The molecule has 0 radical (unpaired) electrons. The minimum absolute atomic E-state index is 0.249. The SMILES string of the molecule is CC1(C)OC(=O)C2(C(=O)O1)C1C3C4CC5C6C4C1C6C2C53. The van der Waals surface area contributed by atoms with Crippen molar-refractivity contribution in [2.24, 2.45) is 64.6 Å². The van der Waals surface area contributed by atoms with Crippen LogP contribution in [0.1, 0.15) is 20.3 Å². The predicted octanol–water partition coefficient (Wildman–Crippen LogP) is 1.44. The lowest BCUT2D eigenvalue weighted by Crippen LogP contribution is -2.57. The highest BCUT2D eigenvalue weighted by Crippen LogP contribution is 2.94. The van der Waals surface area contributed by atoms with E-state index in [-0.39, 0.29) is 23.8 Å². The van der Waals surface area contributed by atoms with E-state index in [9.17, 15) is 9.59 Å². The lowest BCUT2D eigenvalue weighted by molar-refractivity contribution is -0.255. The Morgan fingerprint density at radius 1 is 0.810 bits per heavy atom. The molecule has 4 heteroatoms. The standard InChI is InChI=1S/C17H18O4/c1-16(2)20-14(18)17(15(19)21-16)12-8-4-3-5-7-6(4)10(12)11(7)13(17)9(5)8/h4-13H,3H2,1-2H3. The second-order valence-corrected chi connectivity index (χ2v) is 9.13. The van der Waals surface area contributed by atoms with Gasteiger partial charge in [0, 0.05) is 13.8 Å². The molecule has 7 aliphatic carbocycles. The second kappa shape index (κ2) is 2.44. The molecule has 8 fully saturated rings. The molecular weight excluding hydrogens is 268 g/mol. The Bertz CT molecular complexity index is 608. The van der Waals surface area contributed by atoms with Gasteiger partial charge in [-0.3, -0.25) is 9.59 Å². The lowest BCUT2D eigenvalue weighted by Gasteiger charge is -2.44. The van der Waals surface area contributed by atoms with Gasteiger partial charge in [-0.1, -0.05) is 0 Å². The third kappa shape index (κ3) is 0.687. The van der Waals surface area contributed by atoms with Crippen molar-refractivity contribution in [3.63, 3.8) is 0 Å². The predicted molar refractivity (Wildman–Crippen MR) is 68.2 cm³/mol. The molecule has 0 N–H and O–H groups in total. The van der Waals surface area contributed by atoms with E-state index in [2.05, 4.69) is 0 Å². The smallest absolute Gasteiger partial charge is 0.327 e. The average molecular weight is 286 g/mol. The maximum absolute atomic E-state index is 13.0. The lowest BCUT2D eigenvalue weighted by atomic mass is 9.60. The molecule has 4 nitrogen and oxygen atoms in total. The number of cyclic esters (lactones) is 2. The van der Waals surface area contributed by atoms with Crippen LogP contribution in [-0.4, -0.2) is 17.7 Å². The Morgan fingerprint density at radius 3 is 1.76 bits per heavy atom. The van der Waals surface area contributed by atoms with Gasteiger partial charge in [0.2, 0.25) is 0 Å². The van der Waals surface area contributed by atoms with Gasteiger partial charge in [0.15, 0.2) is 5.41 Å². The van der Waals surface area contributed by atoms with E-state index in [1.165, 1.54) is 6.42 Å². The molecule has 0 aromatic heterocycles. The Kier molecular flexibility index (Phi) is 1.24. The molecule has 110 valence electrons. The highest BCUT2D eigenvalue weighted by atomic mass is 16.7. The molecule has 10 atom stereocenters. The zero-order valence-corrected chi connectivity index (χ0v) is 12.1. The van der Waals surface area contributed by atoms with E-state index in [1.807, 2.05) is 0 Å². The number of ether oxygens (including phenoxy) is 2. The first-order valence-electron chi connectivity index (χ1n) is 8.45. The van der Waals surface area contributed by atoms with Crippen LogP contribution in [0, 0.1) is 64.6 Å². The Balaban J connectivity index is 1.48. The van der Waals surface area contributed by atoms with Crippen LogP contribution in [0.2, 0.25) is 0 Å². The Hall–Kier alpha value is -1.06. The number of esters is 2. The topological polar surface area (TPSA) is 52.6 Å². The van der Waals surface area contributed by atoms with Gasteiger partial charge < -0.3 is 9.47 Å². The fraction of sp³-hybridized carbons (Fsp3) is 0.882. The van der Waals surface area contributed by atoms with Crippen LogP contribution in [0.15, 0.2) is 0 Å². The summed E-state index contributed by atoms with van der Waals surface area (Å²) in [6, 6.07) is 0. The molecule has 4 bridgehead atoms. The maximum atomic E-state index is 13.0. The molecule has 1 heterocycles. The second-order valence-electron chi connectivity index (χ2n) is 9.13. The highest BCUT2D eigenvalue weighted by molar-refractivity contribution is 6.04. The molecule has 8 rings (SSSR count). The van der Waals surface area contributed by atoms with E-state index >= 15 is 0 Å². The summed E-state index contributed by atoms with van der Waals surface area (Å²) in [5, 5.41) is 0. The molecule has 0 amide bonds. The number of hydrogen-bond donors (Lipinski definition) is 0. The quantitative estimate of drug-likeness (QED) is 0.499. The zero-order valence-electron chi connectivity index (χ0n) is 12.1. The Labute approximate surface area is 122 Å². The van der Waals surface area contributed by atoms with Crippen molar-refractivity contribution in [1.29, 1.82) is 0 Å². The first-order chi connectivity index (χ1) is 9.98. The minimum Gasteiger partial charge on any atom is -0.422 e. The minimum atomic E-state index is -1.09. The van der Waals surface area contributed by atoms with Gasteiger partial charge in [-0.15, -0.1) is 0 Å². The van der Waals surface area contributed by atoms with Crippen LogP contribution in [0.25, 0.3) is 0 Å². The number of carbonyl (C=O) groups excluding carboxylic acids is 2. The van der Waals surface area contributed by atoms with Crippen molar-refractivity contribution in [2.75, 3.05) is 0 Å². The van der Waals surface area contributed by atoms with E-state index < -0.39 is 11.2 Å². The normalized spacial score (nSPS) is 67.1. The third-order valence-electron chi connectivity index (χ3n) is 8.81. The van der Waals surface area contributed by atoms with Gasteiger partial charge in [-0.2, -0.15) is 0 Å². The van der Waals surface area contributed by atoms with Gasteiger partial charge in [0.1, 0.15) is 0 Å². The summed E-state index contributed by atoms with van der Waals surface area (Å²) in [6.45, 7) is 3.33. The van der Waals surface area contributed by atoms with Gasteiger partial charge in [-0.25, -0.2) is 0 Å². The maximum Gasteiger partial charge on any atom is 0.327 e. The molecule has 0 aromatic rings. The van der Waals surface area contributed by atoms with Gasteiger partial charge in [-0.05, 0) is 65.6 Å². The van der Waals surface area contributed by atoms with E-state index in [1.54, 1.807) is 13.8 Å². The Morgan fingerprint density at radius 2 is 1.29 bits per heavy atom. The average Bonchev–Trinajstić information content (AvgIpc) is 2.95. The van der Waals surface area contributed by atoms with Crippen molar-refractivity contribution >= 4 is 11.9 Å². The molecule has 8 aliphatic rings. The molecule has 0 aromatic carbocycles. The highest BCUT2D eigenvalue weighted by Gasteiger charge is 2.96. The summed E-state index contributed by atoms with van der Waals surface area (Å²) >= 11 is 0. The molecular formula is C17H18O4. The van der Waals surface area contributed by atoms with Crippen molar-refractivity contribution < 1.29 is 19.1 Å². The first-order valence-corrected chi connectivity index (χ1v) is 8.45. The summed E-state index contributed by atoms with van der Waals surface area (Å²) in [4.78, 5) is 25.9. The number of hydrogen-bond acceptors (Lipinski definition) is 4. The summed E-state index contributed by atoms with van der Waals surface area (Å²) in [5.41, 5.74) is -0.906. The van der Waals surface area contributed by atoms with Crippen LogP contribution in [-0.2, 0) is 19.1 Å². The van der Waals surface area contributed by atoms with Crippen LogP contribution >= 0.6 is 0 Å². The molecule has 1 spiro atoms. The van der Waals surface area contributed by atoms with Crippen LogP contribution in [0.4, 0.5) is 0 Å². The number of carbonyl (C=O) groups is 2. The molecule has 1 saturated heterocycles. The summed E-state index contributed by atoms with van der Waals surface area (Å²) in [5.74, 6) is 4.78. The van der Waals surface area contributed by atoms with Crippen LogP contribution in [0.5, 0.6) is 0 Å². The summed E-state index contributed by atoms with van der Waals surface area (Å²) in [6.07, 6.45) is 1.39. The van der Waals surface area contributed by atoms with Gasteiger partial charge in [0.05, 0.1) is 0 Å². The van der Waals surface area contributed by atoms with Crippen molar-refractivity contribution in [3.8, 4) is 0 Å². The molecule has 7 saturated carbocycles. The van der Waals surface area contributed by atoms with Crippen molar-refractivity contribution in [2.45, 2.75) is 26.1 Å². The fourth-order valence-corrected chi connectivity index (χ4v) is 9.23. The summed E-state index contributed by atoms with van der Waals surface area (Å²) < 4.78 is 11.2.